The summed E-state index contributed by atoms with van der Waals surface area (Å²) in [7, 11) is 0. The zero-order chi connectivity index (χ0) is 15.4. The Morgan fingerprint density at radius 3 is 2.33 bits per heavy atom. The molecule has 0 spiro atoms. The smallest absolute Gasteiger partial charge is 0.123 e. The first-order valence-electron chi connectivity index (χ1n) is 7.74. The Labute approximate surface area is 132 Å². The van der Waals surface area contributed by atoms with E-state index in [1.165, 1.54) is 16.0 Å². The molecule has 0 aliphatic rings. The van der Waals surface area contributed by atoms with E-state index in [1.54, 1.807) is 11.3 Å². The number of benzene rings is 1. The van der Waals surface area contributed by atoms with Crippen molar-refractivity contribution in [3.8, 4) is 10.6 Å². The summed E-state index contributed by atoms with van der Waals surface area (Å²) in [5.41, 5.74) is 3.76. The molecule has 1 N–H and O–H groups in total. The lowest BCUT2D eigenvalue weighted by Gasteiger charge is -2.06. The molecule has 21 heavy (non-hydrogen) atoms. The molecule has 2 nitrogen and oxygen atoms in total. The molecule has 114 valence electrons. The summed E-state index contributed by atoms with van der Waals surface area (Å²) in [6.07, 6.45) is 0. The highest BCUT2D eigenvalue weighted by Gasteiger charge is 2.10. The molecule has 0 radical (unpaired) electrons. The number of aryl methyl sites for hydroxylation is 1. The SMILES string of the molecule is Cc1nc(-c2ccc(C(C)C)cc2)sc1CNCC(C)C. The maximum absolute atomic E-state index is 4.73. The fourth-order valence-corrected chi connectivity index (χ4v) is 3.24. The Hall–Kier alpha value is -1.19. The van der Waals surface area contributed by atoms with Crippen LogP contribution in [-0.2, 0) is 6.54 Å². The van der Waals surface area contributed by atoms with Crippen LogP contribution in [0.3, 0.4) is 0 Å². The van der Waals surface area contributed by atoms with E-state index in [2.05, 4.69) is 64.2 Å². The van der Waals surface area contributed by atoms with E-state index in [9.17, 15) is 0 Å². The topological polar surface area (TPSA) is 24.9 Å². The van der Waals surface area contributed by atoms with Crippen LogP contribution in [0.15, 0.2) is 24.3 Å². The second kappa shape index (κ2) is 7.19. The third-order valence-corrected chi connectivity index (χ3v) is 4.76. The summed E-state index contributed by atoms with van der Waals surface area (Å²) >= 11 is 1.80. The Balaban J connectivity index is 2.10. The molecule has 0 saturated heterocycles. The average Bonchev–Trinajstić information content (AvgIpc) is 2.80. The molecule has 2 rings (SSSR count). The third kappa shape index (κ3) is 4.39. The maximum Gasteiger partial charge on any atom is 0.123 e. The predicted octanol–water partition coefficient (Wildman–Crippen LogP) is 4.99. The maximum atomic E-state index is 4.73. The fraction of sp³-hybridized carbons (Fsp3) is 0.500. The molecule has 3 heteroatoms. The lowest BCUT2D eigenvalue weighted by atomic mass is 10.0. The van der Waals surface area contributed by atoms with Gasteiger partial charge in [0.1, 0.15) is 5.01 Å². The molecule has 0 amide bonds. The normalized spacial score (nSPS) is 11.6. The van der Waals surface area contributed by atoms with Crippen LogP contribution in [0.25, 0.3) is 10.6 Å². The molecule has 1 aromatic heterocycles. The van der Waals surface area contributed by atoms with Crippen LogP contribution in [0.5, 0.6) is 0 Å². The first-order chi connectivity index (χ1) is 9.97. The monoisotopic (exact) mass is 302 g/mol. The van der Waals surface area contributed by atoms with Crippen molar-refractivity contribution in [2.75, 3.05) is 6.54 Å². The summed E-state index contributed by atoms with van der Waals surface area (Å²) in [6, 6.07) is 8.82. The summed E-state index contributed by atoms with van der Waals surface area (Å²) < 4.78 is 0. The van der Waals surface area contributed by atoms with Crippen LogP contribution >= 0.6 is 11.3 Å². The van der Waals surface area contributed by atoms with Gasteiger partial charge >= 0.3 is 0 Å². The van der Waals surface area contributed by atoms with Crippen LogP contribution < -0.4 is 5.32 Å². The van der Waals surface area contributed by atoms with Crippen molar-refractivity contribution < 1.29 is 0 Å². The van der Waals surface area contributed by atoms with Gasteiger partial charge in [-0.05, 0) is 30.9 Å². The van der Waals surface area contributed by atoms with E-state index in [0.29, 0.717) is 11.8 Å². The number of hydrogen-bond donors (Lipinski definition) is 1. The Morgan fingerprint density at radius 2 is 1.76 bits per heavy atom. The number of thiazole rings is 1. The minimum Gasteiger partial charge on any atom is -0.312 e. The largest absolute Gasteiger partial charge is 0.312 e. The lowest BCUT2D eigenvalue weighted by Crippen LogP contribution is -2.18. The number of nitrogens with zero attached hydrogens (tertiary/aromatic N) is 1. The van der Waals surface area contributed by atoms with E-state index in [-0.39, 0.29) is 0 Å². The van der Waals surface area contributed by atoms with Crippen LogP contribution in [-0.4, -0.2) is 11.5 Å². The number of hydrogen-bond acceptors (Lipinski definition) is 3. The van der Waals surface area contributed by atoms with Gasteiger partial charge in [-0.25, -0.2) is 4.98 Å². The average molecular weight is 302 g/mol. The van der Waals surface area contributed by atoms with Gasteiger partial charge < -0.3 is 5.32 Å². The van der Waals surface area contributed by atoms with Gasteiger partial charge in [0.05, 0.1) is 5.69 Å². The van der Waals surface area contributed by atoms with Gasteiger partial charge in [-0.15, -0.1) is 11.3 Å². The fourth-order valence-electron chi connectivity index (χ4n) is 2.20. The molecule has 1 heterocycles. The minimum absolute atomic E-state index is 0.577. The van der Waals surface area contributed by atoms with E-state index in [4.69, 9.17) is 4.98 Å². The zero-order valence-electron chi connectivity index (χ0n) is 13.7. The summed E-state index contributed by atoms with van der Waals surface area (Å²) in [4.78, 5) is 6.08. The molecule has 1 aromatic carbocycles. The van der Waals surface area contributed by atoms with E-state index in [0.717, 1.165) is 23.8 Å². The van der Waals surface area contributed by atoms with E-state index in [1.807, 2.05) is 0 Å². The number of nitrogens with one attached hydrogen (secondary N) is 1. The first-order valence-corrected chi connectivity index (χ1v) is 8.56. The summed E-state index contributed by atoms with van der Waals surface area (Å²) in [6.45, 7) is 13.0. The van der Waals surface area contributed by atoms with Gasteiger partial charge in [0.15, 0.2) is 0 Å². The van der Waals surface area contributed by atoms with Crippen molar-refractivity contribution in [3.05, 3.63) is 40.4 Å². The molecule has 0 bridgehead atoms. The van der Waals surface area contributed by atoms with Crippen LogP contribution in [0, 0.1) is 12.8 Å². The van der Waals surface area contributed by atoms with Crippen LogP contribution in [0.1, 0.15) is 49.7 Å². The highest BCUT2D eigenvalue weighted by molar-refractivity contribution is 7.15. The number of aromatic nitrogens is 1. The highest BCUT2D eigenvalue weighted by atomic mass is 32.1. The van der Waals surface area contributed by atoms with Crippen molar-refractivity contribution in [1.82, 2.24) is 10.3 Å². The molecular formula is C18H26N2S. The summed E-state index contributed by atoms with van der Waals surface area (Å²) in [5, 5.41) is 4.63. The van der Waals surface area contributed by atoms with Gasteiger partial charge in [0.25, 0.3) is 0 Å². The van der Waals surface area contributed by atoms with Crippen molar-refractivity contribution >= 4 is 11.3 Å². The third-order valence-electron chi connectivity index (χ3n) is 3.56. The van der Waals surface area contributed by atoms with Gasteiger partial charge in [-0.3, -0.25) is 0 Å². The van der Waals surface area contributed by atoms with Crippen molar-refractivity contribution in [1.29, 1.82) is 0 Å². The lowest BCUT2D eigenvalue weighted by molar-refractivity contribution is 0.554. The van der Waals surface area contributed by atoms with Gasteiger partial charge in [-0.1, -0.05) is 52.0 Å². The quantitative estimate of drug-likeness (QED) is 0.813. The molecular weight excluding hydrogens is 276 g/mol. The van der Waals surface area contributed by atoms with E-state index < -0.39 is 0 Å². The van der Waals surface area contributed by atoms with Crippen molar-refractivity contribution in [3.63, 3.8) is 0 Å². The standard InChI is InChI=1S/C18H26N2S/c1-12(2)10-19-11-17-14(5)20-18(21-17)16-8-6-15(7-9-16)13(3)4/h6-9,12-13,19H,10-11H2,1-5H3. The molecule has 0 aliphatic carbocycles. The second-order valence-electron chi connectivity index (χ2n) is 6.33. The van der Waals surface area contributed by atoms with Crippen molar-refractivity contribution in [2.24, 2.45) is 5.92 Å². The molecule has 0 unspecified atom stereocenters. The second-order valence-corrected chi connectivity index (χ2v) is 7.41. The number of rotatable bonds is 6. The van der Waals surface area contributed by atoms with Crippen LogP contribution in [0.4, 0.5) is 0 Å². The molecule has 2 aromatic rings. The Morgan fingerprint density at radius 1 is 1.10 bits per heavy atom. The summed E-state index contributed by atoms with van der Waals surface area (Å²) in [5.74, 6) is 1.26. The van der Waals surface area contributed by atoms with Gasteiger partial charge in [0, 0.05) is 17.0 Å². The highest BCUT2D eigenvalue weighted by Crippen LogP contribution is 2.29. The first kappa shape index (κ1) is 16.2. The van der Waals surface area contributed by atoms with Gasteiger partial charge in [0.2, 0.25) is 0 Å². The van der Waals surface area contributed by atoms with Crippen LogP contribution in [0.2, 0.25) is 0 Å². The minimum atomic E-state index is 0.577. The molecule has 0 fully saturated rings. The van der Waals surface area contributed by atoms with Crippen molar-refractivity contribution in [2.45, 2.75) is 47.1 Å². The van der Waals surface area contributed by atoms with Gasteiger partial charge in [-0.2, -0.15) is 0 Å². The molecule has 0 saturated carbocycles. The zero-order valence-corrected chi connectivity index (χ0v) is 14.6. The molecule has 0 aliphatic heterocycles. The van der Waals surface area contributed by atoms with E-state index >= 15 is 0 Å². The Kier molecular flexibility index (Phi) is 5.54. The Bertz CT molecular complexity index is 567. The predicted molar refractivity (Wildman–Crippen MR) is 92.9 cm³/mol. The molecule has 0 atom stereocenters.